The van der Waals surface area contributed by atoms with Gasteiger partial charge in [0.25, 0.3) is 0 Å². The van der Waals surface area contributed by atoms with Crippen molar-refractivity contribution in [1.29, 1.82) is 0 Å². The molecule has 0 heterocycles. The number of hydrogen-bond acceptors (Lipinski definition) is 4. The van der Waals surface area contributed by atoms with Gasteiger partial charge in [0.15, 0.2) is 0 Å². The van der Waals surface area contributed by atoms with Crippen molar-refractivity contribution in [3.8, 4) is 0 Å². The third-order valence-electron chi connectivity index (χ3n) is 1.83. The van der Waals surface area contributed by atoms with Crippen molar-refractivity contribution in [2.24, 2.45) is 0 Å². The molecule has 4 nitrogen and oxygen atoms in total. The molecule has 5 heteroatoms. The van der Waals surface area contributed by atoms with E-state index in [0.717, 1.165) is 19.0 Å². The summed E-state index contributed by atoms with van der Waals surface area (Å²) in [5.74, 6) is 0. The van der Waals surface area contributed by atoms with Crippen molar-refractivity contribution in [3.05, 3.63) is 24.3 Å². The molecular weight excluding hydrogens is 260 g/mol. The molecule has 0 bridgehead atoms. The SMILES string of the molecule is C1=CCCC=CCC1.O=[C]=[Cr](=[C]=O)(=[C]=O)=[C]=O. The molecule has 0 radical (unpaired) electrons. The predicted molar refractivity (Wildman–Crippen MR) is 59.5 cm³/mol. The van der Waals surface area contributed by atoms with E-state index in [1.54, 1.807) is 0 Å². The third-order valence-corrected chi connectivity index (χ3v) is 3.39. The van der Waals surface area contributed by atoms with Gasteiger partial charge in [-0.15, -0.1) is 0 Å². The predicted octanol–water partition coefficient (Wildman–Crippen LogP) is 1.08. The Morgan fingerprint density at radius 1 is 0.588 bits per heavy atom. The van der Waals surface area contributed by atoms with E-state index in [1.165, 1.54) is 25.7 Å². The Hall–Kier alpha value is -1.67. The summed E-state index contributed by atoms with van der Waals surface area (Å²) in [6, 6.07) is 0. The Morgan fingerprint density at radius 2 is 0.824 bits per heavy atom. The first-order chi connectivity index (χ1) is 8.24. The van der Waals surface area contributed by atoms with Crippen LogP contribution >= 0.6 is 0 Å². The average Bonchev–Trinajstić information content (AvgIpc) is 2.33. The van der Waals surface area contributed by atoms with Gasteiger partial charge in [-0.3, -0.25) is 0 Å². The number of carbonyl (C=O) groups excluding carboxylic acids is 4. The Labute approximate surface area is 99.7 Å². The molecule has 0 fully saturated rings. The van der Waals surface area contributed by atoms with E-state index in [0.29, 0.717) is 0 Å². The summed E-state index contributed by atoms with van der Waals surface area (Å²) in [7, 11) is 0. The molecule has 0 aliphatic heterocycles. The summed E-state index contributed by atoms with van der Waals surface area (Å²) in [6.45, 7) is 0. The fraction of sp³-hybridized carbons (Fsp3) is 0.333. The molecule has 0 unspecified atom stereocenters. The monoisotopic (exact) mass is 272 g/mol. The molecule has 90 valence electrons. The Bertz CT molecular complexity index is 533. The number of rotatable bonds is 0. The molecule has 0 N–H and O–H groups in total. The molecule has 0 saturated carbocycles. The van der Waals surface area contributed by atoms with Gasteiger partial charge in [0.1, 0.15) is 0 Å². The fourth-order valence-electron chi connectivity index (χ4n) is 0.958. The van der Waals surface area contributed by atoms with Gasteiger partial charge < -0.3 is 0 Å². The van der Waals surface area contributed by atoms with Crippen LogP contribution in [0.25, 0.3) is 0 Å². The van der Waals surface area contributed by atoms with Crippen LogP contribution in [0.3, 0.4) is 0 Å². The van der Waals surface area contributed by atoms with Crippen LogP contribution in [-0.2, 0) is 30.5 Å². The van der Waals surface area contributed by atoms with Crippen LogP contribution < -0.4 is 0 Å². The van der Waals surface area contributed by atoms with Gasteiger partial charge in [-0.25, -0.2) is 0 Å². The maximum absolute atomic E-state index is 9.68. The summed E-state index contributed by atoms with van der Waals surface area (Å²) < 4.78 is 4.00. The zero-order valence-corrected chi connectivity index (χ0v) is 10.5. The molecule has 0 amide bonds. The third kappa shape index (κ3) is 6.49. The molecular formula is C12H12CrO4. The van der Waals surface area contributed by atoms with Crippen molar-refractivity contribution >= 4 is 19.0 Å². The molecule has 0 saturated heterocycles. The van der Waals surface area contributed by atoms with E-state index in [-0.39, 0.29) is 0 Å². The van der Waals surface area contributed by atoms with E-state index in [2.05, 4.69) is 24.3 Å². The van der Waals surface area contributed by atoms with Crippen LogP contribution in [0.5, 0.6) is 0 Å². The second-order valence-corrected chi connectivity index (χ2v) is 6.00. The quantitative estimate of drug-likeness (QED) is 0.619. The first kappa shape index (κ1) is 15.3. The van der Waals surface area contributed by atoms with E-state index in [1.807, 2.05) is 0 Å². The zero-order chi connectivity index (χ0) is 13.0. The summed E-state index contributed by atoms with van der Waals surface area (Å²) in [5, 5.41) is 0. The van der Waals surface area contributed by atoms with E-state index >= 15 is 0 Å². The van der Waals surface area contributed by atoms with Gasteiger partial charge in [-0.2, -0.15) is 0 Å². The van der Waals surface area contributed by atoms with Gasteiger partial charge in [0.2, 0.25) is 0 Å². The molecule has 0 aromatic carbocycles. The van der Waals surface area contributed by atoms with Crippen LogP contribution in [0.1, 0.15) is 25.7 Å². The minimum absolute atomic E-state index is 1.00. The second-order valence-electron chi connectivity index (χ2n) is 3.04. The van der Waals surface area contributed by atoms with Crippen LogP contribution in [0.15, 0.2) is 24.3 Å². The van der Waals surface area contributed by atoms with Crippen molar-refractivity contribution in [2.75, 3.05) is 0 Å². The van der Waals surface area contributed by atoms with Crippen molar-refractivity contribution < 1.29 is 30.5 Å². The molecule has 0 aromatic heterocycles. The van der Waals surface area contributed by atoms with Crippen molar-refractivity contribution in [1.82, 2.24) is 0 Å². The summed E-state index contributed by atoms with van der Waals surface area (Å²) >= 11 is -4.08. The van der Waals surface area contributed by atoms with E-state index < -0.39 is 11.3 Å². The first-order valence-electron chi connectivity index (χ1n) is 4.93. The molecule has 0 atom stereocenters. The van der Waals surface area contributed by atoms with Gasteiger partial charge in [0, 0.05) is 0 Å². The summed E-state index contributed by atoms with van der Waals surface area (Å²) in [5.41, 5.74) is 0. The Balaban J connectivity index is 0.000000302. The van der Waals surface area contributed by atoms with E-state index in [4.69, 9.17) is 0 Å². The summed E-state index contributed by atoms with van der Waals surface area (Å²) in [6.07, 6.45) is 14.0. The van der Waals surface area contributed by atoms with Crippen LogP contribution in [-0.4, -0.2) is 19.0 Å². The fourth-order valence-corrected chi connectivity index (χ4v) is 1.28. The van der Waals surface area contributed by atoms with Gasteiger partial charge in [-0.05, 0) is 25.7 Å². The molecule has 0 aromatic rings. The molecule has 1 aliphatic carbocycles. The minimum atomic E-state index is -4.08. The van der Waals surface area contributed by atoms with Crippen molar-refractivity contribution in [2.45, 2.75) is 25.7 Å². The summed E-state index contributed by atoms with van der Waals surface area (Å²) in [4.78, 5) is 38.7. The molecule has 17 heavy (non-hydrogen) atoms. The van der Waals surface area contributed by atoms with Crippen molar-refractivity contribution in [3.63, 3.8) is 0 Å². The molecule has 1 aliphatic rings. The number of hydrogen-bond donors (Lipinski definition) is 0. The number of allylic oxidation sites excluding steroid dienone is 4. The first-order valence-corrected chi connectivity index (χ1v) is 7.48. The van der Waals surface area contributed by atoms with E-state index in [9.17, 15) is 19.2 Å². The Morgan fingerprint density at radius 3 is 0.941 bits per heavy atom. The average molecular weight is 272 g/mol. The second kappa shape index (κ2) is 9.55. The van der Waals surface area contributed by atoms with Crippen LogP contribution in [0, 0.1) is 0 Å². The zero-order valence-electron chi connectivity index (χ0n) is 9.18. The topological polar surface area (TPSA) is 68.3 Å². The standard InChI is InChI=1S/C8H12.4CO.Cr/c1-2-4-6-8-7-5-3-1;4*1-2;/h1-2,7-8H,3-6H2;;;;;. The van der Waals surface area contributed by atoms with Gasteiger partial charge >= 0.3 is 49.5 Å². The van der Waals surface area contributed by atoms with Gasteiger partial charge in [-0.1, -0.05) is 24.3 Å². The normalized spacial score (nSPS) is 12.7. The van der Waals surface area contributed by atoms with Crippen LogP contribution in [0.4, 0.5) is 0 Å². The van der Waals surface area contributed by atoms with Crippen LogP contribution in [0.2, 0.25) is 0 Å². The molecule has 0 spiro atoms. The van der Waals surface area contributed by atoms with Gasteiger partial charge in [0.05, 0.1) is 0 Å². The molecule has 1 rings (SSSR count). The maximum atomic E-state index is 9.68. The Kier molecular flexibility index (Phi) is 8.61.